The molecule has 2 heterocycles. The minimum absolute atomic E-state index is 0.0639. The molecule has 1 fully saturated rings. The Balaban J connectivity index is 1.41. The Morgan fingerprint density at radius 1 is 1.17 bits per heavy atom. The molecule has 2 N–H and O–H groups in total. The second-order valence-electron chi connectivity index (χ2n) is 7.80. The van der Waals surface area contributed by atoms with Gasteiger partial charge < -0.3 is 19.9 Å². The summed E-state index contributed by atoms with van der Waals surface area (Å²) >= 11 is 0. The lowest BCUT2D eigenvalue weighted by Crippen LogP contribution is -2.40. The quantitative estimate of drug-likeness (QED) is 0.750. The van der Waals surface area contributed by atoms with Gasteiger partial charge >= 0.3 is 0 Å². The number of nitrogens with one attached hydrogen (secondary N) is 2. The molecular formula is C23H31N3O3. The van der Waals surface area contributed by atoms with Crippen LogP contribution >= 0.6 is 0 Å². The van der Waals surface area contributed by atoms with E-state index in [4.69, 9.17) is 4.74 Å². The molecule has 1 aliphatic rings. The fourth-order valence-electron chi connectivity index (χ4n) is 3.85. The minimum atomic E-state index is 0.0639. The van der Waals surface area contributed by atoms with Crippen LogP contribution in [0.1, 0.15) is 53.5 Å². The zero-order chi connectivity index (χ0) is 20.8. The summed E-state index contributed by atoms with van der Waals surface area (Å²) in [7, 11) is 0. The highest BCUT2D eigenvalue weighted by atomic mass is 16.5. The maximum absolute atomic E-state index is 12.7. The number of aryl methyl sites for hydroxylation is 2. The maximum Gasteiger partial charge on any atom is 0.270 e. The number of amides is 2. The number of rotatable bonds is 7. The predicted molar refractivity (Wildman–Crippen MR) is 113 cm³/mol. The van der Waals surface area contributed by atoms with E-state index in [1.165, 1.54) is 0 Å². The second-order valence-corrected chi connectivity index (χ2v) is 7.80. The SMILES string of the molecule is CCOc1ccc(CNC(=O)CC2CCN(C(=O)c3[nH]c(C)cc3C)CC2)cc1. The van der Waals surface area contributed by atoms with Gasteiger partial charge in [-0.25, -0.2) is 0 Å². The van der Waals surface area contributed by atoms with Crippen molar-refractivity contribution >= 4 is 11.8 Å². The van der Waals surface area contributed by atoms with E-state index < -0.39 is 0 Å². The summed E-state index contributed by atoms with van der Waals surface area (Å²) in [6.45, 7) is 8.44. The number of likely N-dealkylation sites (tertiary alicyclic amines) is 1. The summed E-state index contributed by atoms with van der Waals surface area (Å²) < 4.78 is 5.43. The molecule has 1 aromatic heterocycles. The van der Waals surface area contributed by atoms with E-state index >= 15 is 0 Å². The first-order valence-corrected chi connectivity index (χ1v) is 10.4. The molecule has 1 aromatic carbocycles. The molecular weight excluding hydrogens is 366 g/mol. The second kappa shape index (κ2) is 9.63. The van der Waals surface area contributed by atoms with Crippen molar-refractivity contribution in [2.24, 2.45) is 5.92 Å². The lowest BCUT2D eigenvalue weighted by atomic mass is 9.93. The maximum atomic E-state index is 12.7. The Morgan fingerprint density at radius 2 is 1.86 bits per heavy atom. The number of carbonyl (C=O) groups excluding carboxylic acids is 2. The van der Waals surface area contributed by atoms with Crippen molar-refractivity contribution in [3.05, 3.63) is 52.8 Å². The first kappa shape index (κ1) is 21.0. The lowest BCUT2D eigenvalue weighted by molar-refractivity contribution is -0.122. The summed E-state index contributed by atoms with van der Waals surface area (Å²) in [5, 5.41) is 3.00. The van der Waals surface area contributed by atoms with E-state index in [0.717, 1.165) is 35.4 Å². The Bertz CT molecular complexity index is 834. The van der Waals surface area contributed by atoms with E-state index in [1.54, 1.807) is 0 Å². The first-order valence-electron chi connectivity index (χ1n) is 10.4. The van der Waals surface area contributed by atoms with E-state index in [-0.39, 0.29) is 11.8 Å². The number of H-pyrrole nitrogens is 1. The van der Waals surface area contributed by atoms with Crippen molar-refractivity contribution in [3.63, 3.8) is 0 Å². The minimum Gasteiger partial charge on any atom is -0.494 e. The van der Waals surface area contributed by atoms with Crippen LogP contribution < -0.4 is 10.1 Å². The fraction of sp³-hybridized carbons (Fsp3) is 0.478. The number of nitrogens with zero attached hydrogens (tertiary/aromatic N) is 1. The van der Waals surface area contributed by atoms with Gasteiger partial charge in [-0.2, -0.15) is 0 Å². The van der Waals surface area contributed by atoms with Crippen LogP contribution in [0.4, 0.5) is 0 Å². The van der Waals surface area contributed by atoms with Gasteiger partial charge in [0.25, 0.3) is 5.91 Å². The van der Waals surface area contributed by atoms with Gasteiger partial charge in [-0.15, -0.1) is 0 Å². The average molecular weight is 398 g/mol. The number of carbonyl (C=O) groups is 2. The number of aromatic amines is 1. The van der Waals surface area contributed by atoms with Crippen LogP contribution in [0, 0.1) is 19.8 Å². The molecule has 0 saturated carbocycles. The molecule has 1 aliphatic heterocycles. The number of aromatic nitrogens is 1. The molecule has 3 rings (SSSR count). The topological polar surface area (TPSA) is 74.4 Å². The fourth-order valence-corrected chi connectivity index (χ4v) is 3.85. The smallest absolute Gasteiger partial charge is 0.270 e. The number of benzene rings is 1. The highest BCUT2D eigenvalue weighted by molar-refractivity contribution is 5.94. The van der Waals surface area contributed by atoms with Gasteiger partial charge in [0.1, 0.15) is 11.4 Å². The molecule has 29 heavy (non-hydrogen) atoms. The highest BCUT2D eigenvalue weighted by Gasteiger charge is 2.26. The summed E-state index contributed by atoms with van der Waals surface area (Å²) in [6.07, 6.45) is 2.24. The van der Waals surface area contributed by atoms with Crippen molar-refractivity contribution in [3.8, 4) is 5.75 Å². The van der Waals surface area contributed by atoms with Crippen LogP contribution in [-0.4, -0.2) is 41.4 Å². The van der Waals surface area contributed by atoms with Gasteiger partial charge in [-0.05, 0) is 68.9 Å². The molecule has 0 atom stereocenters. The predicted octanol–water partition coefficient (Wildman–Crippen LogP) is 3.59. The number of piperidine rings is 1. The average Bonchev–Trinajstić information content (AvgIpc) is 3.06. The number of hydrogen-bond donors (Lipinski definition) is 2. The van der Waals surface area contributed by atoms with Gasteiger partial charge in [-0.1, -0.05) is 12.1 Å². The van der Waals surface area contributed by atoms with Crippen molar-refractivity contribution in [1.29, 1.82) is 0 Å². The van der Waals surface area contributed by atoms with Crippen LogP contribution in [0.2, 0.25) is 0 Å². The van der Waals surface area contributed by atoms with E-state index in [9.17, 15) is 9.59 Å². The van der Waals surface area contributed by atoms with Crippen LogP contribution in [0.3, 0.4) is 0 Å². The van der Waals surface area contributed by atoms with Crippen LogP contribution in [-0.2, 0) is 11.3 Å². The van der Waals surface area contributed by atoms with Crippen LogP contribution in [0.25, 0.3) is 0 Å². The Kier molecular flexibility index (Phi) is 6.96. The zero-order valence-corrected chi connectivity index (χ0v) is 17.6. The highest BCUT2D eigenvalue weighted by Crippen LogP contribution is 2.23. The monoisotopic (exact) mass is 397 g/mol. The molecule has 6 nitrogen and oxygen atoms in total. The van der Waals surface area contributed by atoms with E-state index in [2.05, 4.69) is 10.3 Å². The van der Waals surface area contributed by atoms with Crippen molar-refractivity contribution in [2.45, 2.75) is 46.6 Å². The third kappa shape index (κ3) is 5.62. The zero-order valence-electron chi connectivity index (χ0n) is 17.6. The third-order valence-electron chi connectivity index (χ3n) is 5.46. The van der Waals surface area contributed by atoms with Gasteiger partial charge in [-0.3, -0.25) is 9.59 Å². The van der Waals surface area contributed by atoms with Crippen LogP contribution in [0.15, 0.2) is 30.3 Å². The van der Waals surface area contributed by atoms with Gasteiger partial charge in [0.15, 0.2) is 0 Å². The van der Waals surface area contributed by atoms with Gasteiger partial charge in [0.2, 0.25) is 5.91 Å². The Hall–Kier alpha value is -2.76. The van der Waals surface area contributed by atoms with Crippen molar-refractivity contribution in [1.82, 2.24) is 15.2 Å². The van der Waals surface area contributed by atoms with Gasteiger partial charge in [0.05, 0.1) is 6.61 Å². The third-order valence-corrected chi connectivity index (χ3v) is 5.46. The normalized spacial score (nSPS) is 14.7. The summed E-state index contributed by atoms with van der Waals surface area (Å²) in [4.78, 5) is 30.1. The number of ether oxygens (including phenoxy) is 1. The molecule has 6 heteroatoms. The molecule has 2 aromatic rings. The lowest BCUT2D eigenvalue weighted by Gasteiger charge is -2.31. The molecule has 0 aliphatic carbocycles. The molecule has 0 spiro atoms. The molecule has 0 radical (unpaired) electrons. The number of hydrogen-bond acceptors (Lipinski definition) is 3. The molecule has 0 unspecified atom stereocenters. The Labute approximate surface area is 172 Å². The molecule has 1 saturated heterocycles. The first-order chi connectivity index (χ1) is 14.0. The van der Waals surface area contributed by atoms with E-state index in [1.807, 2.05) is 56.0 Å². The van der Waals surface area contributed by atoms with Crippen molar-refractivity contribution < 1.29 is 14.3 Å². The summed E-state index contributed by atoms with van der Waals surface area (Å²) in [6, 6.07) is 9.78. The summed E-state index contributed by atoms with van der Waals surface area (Å²) in [5.41, 5.74) is 3.74. The summed E-state index contributed by atoms with van der Waals surface area (Å²) in [5.74, 6) is 1.30. The largest absolute Gasteiger partial charge is 0.494 e. The molecule has 2 amide bonds. The van der Waals surface area contributed by atoms with Crippen molar-refractivity contribution in [2.75, 3.05) is 19.7 Å². The molecule has 156 valence electrons. The molecule has 0 bridgehead atoms. The van der Waals surface area contributed by atoms with E-state index in [0.29, 0.717) is 44.3 Å². The van der Waals surface area contributed by atoms with Crippen LogP contribution in [0.5, 0.6) is 5.75 Å². The van der Waals surface area contributed by atoms with Gasteiger partial charge in [0, 0.05) is 31.7 Å². The standard InChI is InChI=1S/C23H31N3O3/c1-4-29-20-7-5-19(6-8-20)15-24-21(27)14-18-9-11-26(12-10-18)23(28)22-16(2)13-17(3)25-22/h5-8,13,18,25H,4,9-12,14-15H2,1-3H3,(H,24,27). The Morgan fingerprint density at radius 3 is 2.45 bits per heavy atom.